The Morgan fingerprint density at radius 2 is 2.13 bits per heavy atom. The third kappa shape index (κ3) is 5.04. The van der Waals surface area contributed by atoms with Gasteiger partial charge < -0.3 is 21.0 Å². The molecule has 4 N–H and O–H groups in total. The number of nitrogen functional groups attached to an aromatic ring is 1. The van der Waals surface area contributed by atoms with E-state index in [2.05, 4.69) is 35.4 Å². The Balaban J connectivity index is 1.33. The molecular weight excluding hydrogens is 556 g/mol. The number of nitrogens with one attached hydrogen (secondary N) is 1. The lowest BCUT2D eigenvalue weighted by Gasteiger charge is -2.49. The van der Waals surface area contributed by atoms with Crippen molar-refractivity contribution in [2.75, 3.05) is 17.2 Å². The summed E-state index contributed by atoms with van der Waals surface area (Å²) in [6.07, 6.45) is 0. The van der Waals surface area contributed by atoms with Crippen molar-refractivity contribution < 1.29 is 24.3 Å². The monoisotopic (exact) mass is 574 g/mol. The number of para-hydroxylation sites is 1. The van der Waals surface area contributed by atoms with Crippen molar-refractivity contribution >= 4 is 63.7 Å². The van der Waals surface area contributed by atoms with E-state index in [0.29, 0.717) is 22.2 Å². The molecule has 2 aromatic heterocycles. The number of hydrogen-bond donors (Lipinski definition) is 3. The molecule has 0 aliphatic carbocycles. The Morgan fingerprint density at radius 3 is 2.79 bits per heavy atom. The molecule has 38 heavy (non-hydrogen) atoms. The third-order valence-corrected chi connectivity index (χ3v) is 8.33. The van der Waals surface area contributed by atoms with E-state index in [9.17, 15) is 19.5 Å². The molecular formula is C20H18N10O5S3. The van der Waals surface area contributed by atoms with Gasteiger partial charge in [0.15, 0.2) is 10.9 Å². The summed E-state index contributed by atoms with van der Waals surface area (Å²) in [5.41, 5.74) is 5.83. The number of carbonyl (C=O) groups excluding carboxylic acids is 2. The number of nitrogens with zero attached hydrogens (tertiary/aromatic N) is 8. The molecule has 2 aliphatic heterocycles. The van der Waals surface area contributed by atoms with E-state index in [-0.39, 0.29) is 28.1 Å². The fourth-order valence-electron chi connectivity index (χ4n) is 3.59. The van der Waals surface area contributed by atoms with Gasteiger partial charge in [0.05, 0.1) is 0 Å². The van der Waals surface area contributed by atoms with E-state index in [0.717, 1.165) is 11.5 Å². The number of thioether (sulfide) groups is 2. The molecule has 196 valence electrons. The Bertz CT molecular complexity index is 1460. The fraction of sp³-hybridized carbons (Fsp3) is 0.250. The average molecular weight is 575 g/mol. The average Bonchev–Trinajstić information content (AvgIpc) is 3.53. The quantitative estimate of drug-likeness (QED) is 0.133. The first kappa shape index (κ1) is 25.6. The zero-order valence-corrected chi connectivity index (χ0v) is 21.9. The zero-order chi connectivity index (χ0) is 26.8. The Kier molecular flexibility index (Phi) is 7.25. The second kappa shape index (κ2) is 10.8. The number of amides is 2. The van der Waals surface area contributed by atoms with Gasteiger partial charge in [0.25, 0.3) is 11.8 Å². The van der Waals surface area contributed by atoms with E-state index in [1.54, 1.807) is 37.4 Å². The maximum Gasteiger partial charge on any atom is 0.352 e. The lowest BCUT2D eigenvalue weighted by molar-refractivity contribution is -0.150. The van der Waals surface area contributed by atoms with Crippen molar-refractivity contribution in [1.29, 1.82) is 0 Å². The molecule has 2 amide bonds. The lowest BCUT2D eigenvalue weighted by atomic mass is 10.0. The highest BCUT2D eigenvalue weighted by Crippen LogP contribution is 2.41. The molecule has 0 saturated carbocycles. The highest BCUT2D eigenvalue weighted by molar-refractivity contribution is 8.01. The van der Waals surface area contributed by atoms with Crippen LogP contribution in [0, 0.1) is 0 Å². The van der Waals surface area contributed by atoms with Crippen LogP contribution in [0.15, 0.2) is 51.9 Å². The van der Waals surface area contributed by atoms with Crippen LogP contribution in [-0.2, 0) is 21.4 Å². The molecule has 18 heteroatoms. The molecule has 0 radical (unpaired) electrons. The first-order chi connectivity index (χ1) is 18.3. The smallest absolute Gasteiger partial charge is 0.352 e. The molecule has 2 unspecified atom stereocenters. The molecule has 2 aliphatic rings. The van der Waals surface area contributed by atoms with Crippen LogP contribution in [-0.4, -0.2) is 86.0 Å². The maximum absolute atomic E-state index is 13.2. The van der Waals surface area contributed by atoms with Gasteiger partial charge in [-0.2, -0.15) is 9.36 Å². The summed E-state index contributed by atoms with van der Waals surface area (Å²) in [5, 5.41) is 27.6. The van der Waals surface area contributed by atoms with Crippen molar-refractivity contribution in [1.82, 2.24) is 39.8 Å². The SMILES string of the molecule is Cn1nnnc1SCC1=C(C(=O)O)N2C(=O)C(NC(=O)/C(=N/Oc3ccccc3)c3nsc(N)n3)C2SC1. The molecule has 1 aromatic carbocycles. The van der Waals surface area contributed by atoms with Crippen molar-refractivity contribution in [3.05, 3.63) is 47.4 Å². The van der Waals surface area contributed by atoms with Gasteiger partial charge in [-0.05, 0) is 28.1 Å². The molecule has 4 heterocycles. The van der Waals surface area contributed by atoms with Crippen molar-refractivity contribution in [3.63, 3.8) is 0 Å². The fourth-order valence-corrected chi connectivity index (χ4v) is 6.36. The van der Waals surface area contributed by atoms with E-state index in [4.69, 9.17) is 10.6 Å². The zero-order valence-electron chi connectivity index (χ0n) is 19.4. The second-order valence-electron chi connectivity index (χ2n) is 7.79. The van der Waals surface area contributed by atoms with E-state index in [1.807, 2.05) is 0 Å². The van der Waals surface area contributed by atoms with Crippen LogP contribution >= 0.6 is 35.1 Å². The largest absolute Gasteiger partial charge is 0.477 e. The Hall–Kier alpha value is -4.03. The number of oxime groups is 1. The number of hydrogen-bond acceptors (Lipinski definition) is 14. The number of β-lactam (4-membered cyclic amide) rings is 1. The number of aryl methyl sites for hydroxylation is 1. The number of carboxylic acid groups (broad SMARTS) is 1. The van der Waals surface area contributed by atoms with Crippen LogP contribution < -0.4 is 15.9 Å². The minimum Gasteiger partial charge on any atom is -0.477 e. The first-order valence-corrected chi connectivity index (χ1v) is 13.6. The van der Waals surface area contributed by atoms with Crippen LogP contribution in [0.25, 0.3) is 0 Å². The summed E-state index contributed by atoms with van der Waals surface area (Å²) in [6.45, 7) is 0. The summed E-state index contributed by atoms with van der Waals surface area (Å²) in [7, 11) is 1.67. The number of aromatic nitrogens is 6. The van der Waals surface area contributed by atoms with Crippen LogP contribution in [0.3, 0.4) is 0 Å². The number of fused-ring (bicyclic) bond motifs is 1. The molecule has 3 aromatic rings. The minimum atomic E-state index is -1.24. The predicted molar refractivity (Wildman–Crippen MR) is 137 cm³/mol. The maximum atomic E-state index is 13.2. The van der Waals surface area contributed by atoms with Crippen molar-refractivity contribution in [2.45, 2.75) is 16.6 Å². The van der Waals surface area contributed by atoms with Gasteiger partial charge >= 0.3 is 5.97 Å². The van der Waals surface area contributed by atoms with Crippen LogP contribution in [0.1, 0.15) is 5.82 Å². The van der Waals surface area contributed by atoms with Crippen molar-refractivity contribution in [2.24, 2.45) is 12.2 Å². The number of anilines is 1. The molecule has 1 saturated heterocycles. The van der Waals surface area contributed by atoms with Gasteiger partial charge in [0.2, 0.25) is 16.7 Å². The van der Waals surface area contributed by atoms with Crippen LogP contribution in [0.2, 0.25) is 0 Å². The van der Waals surface area contributed by atoms with Gasteiger partial charge in [-0.1, -0.05) is 35.1 Å². The summed E-state index contributed by atoms with van der Waals surface area (Å²) < 4.78 is 5.49. The van der Waals surface area contributed by atoms with E-state index < -0.39 is 29.2 Å². The normalized spacial score (nSPS) is 19.1. The lowest BCUT2D eigenvalue weighted by Crippen LogP contribution is -2.71. The van der Waals surface area contributed by atoms with Gasteiger partial charge in [0, 0.05) is 30.1 Å². The number of carbonyl (C=O) groups is 3. The van der Waals surface area contributed by atoms with Gasteiger partial charge in [0.1, 0.15) is 17.1 Å². The number of rotatable bonds is 9. The van der Waals surface area contributed by atoms with Gasteiger partial charge in [-0.3, -0.25) is 14.5 Å². The number of tetrazole rings is 1. The number of carboxylic acids is 1. The highest BCUT2D eigenvalue weighted by atomic mass is 32.2. The van der Waals surface area contributed by atoms with Crippen molar-refractivity contribution in [3.8, 4) is 5.75 Å². The summed E-state index contributed by atoms with van der Waals surface area (Å²) in [5.74, 6) is -1.65. The minimum absolute atomic E-state index is 0.0652. The standard InChI is InChI=1S/C20H18N10O5S3/c1-29-20(24-27-28-29)37-8-9-7-36-17-12(16(32)30(17)13(9)18(33)34)22-15(31)11(14-23-19(21)38-26-14)25-35-10-5-3-2-4-6-10/h2-6,12,17H,7-8H2,1H3,(H,22,31)(H,33,34)(H2,21,23,26)/b25-11+. The van der Waals surface area contributed by atoms with E-state index >= 15 is 0 Å². The van der Waals surface area contributed by atoms with Gasteiger partial charge in [-0.15, -0.1) is 16.9 Å². The van der Waals surface area contributed by atoms with Crippen LogP contribution in [0.4, 0.5) is 5.13 Å². The summed E-state index contributed by atoms with van der Waals surface area (Å²) in [6, 6.07) is 7.55. The second-order valence-corrected chi connectivity index (χ2v) is 10.6. The highest BCUT2D eigenvalue weighted by Gasteiger charge is 2.54. The molecule has 15 nitrogen and oxygen atoms in total. The van der Waals surface area contributed by atoms with E-state index in [1.165, 1.54) is 33.1 Å². The molecule has 1 fully saturated rings. The predicted octanol–water partition coefficient (Wildman–Crippen LogP) is -0.0422. The summed E-state index contributed by atoms with van der Waals surface area (Å²) in [4.78, 5) is 48.9. The first-order valence-electron chi connectivity index (χ1n) is 10.8. The molecule has 0 bridgehead atoms. The Morgan fingerprint density at radius 1 is 1.34 bits per heavy atom. The molecule has 5 rings (SSSR count). The number of aliphatic carboxylic acids is 1. The third-order valence-electron chi connectivity index (χ3n) is 5.35. The van der Waals surface area contributed by atoms with Gasteiger partial charge in [-0.25, -0.2) is 9.48 Å². The number of benzene rings is 1. The Labute approximate surface area is 226 Å². The van der Waals surface area contributed by atoms with Crippen LogP contribution in [0.5, 0.6) is 5.75 Å². The summed E-state index contributed by atoms with van der Waals surface area (Å²) >= 11 is 3.47. The topological polar surface area (TPSA) is 204 Å². The molecule has 0 spiro atoms. The number of nitrogens with two attached hydrogens (primary N) is 1. The molecule has 2 atom stereocenters.